The van der Waals surface area contributed by atoms with Gasteiger partial charge < -0.3 is 10.6 Å². The molecule has 0 radical (unpaired) electrons. The molecule has 0 saturated carbocycles. The van der Waals surface area contributed by atoms with Gasteiger partial charge in [0.15, 0.2) is 0 Å². The highest BCUT2D eigenvalue weighted by molar-refractivity contribution is 6.39. The molecule has 17 heavy (non-hydrogen) atoms. The van der Waals surface area contributed by atoms with Gasteiger partial charge in [-0.15, -0.1) is 6.58 Å². The van der Waals surface area contributed by atoms with Crippen molar-refractivity contribution in [3.63, 3.8) is 0 Å². The number of anilines is 1. The molecule has 0 atom stereocenters. The fourth-order valence-corrected chi connectivity index (χ4v) is 1.43. The maximum Gasteiger partial charge on any atom is 0.313 e. The number of nitrogens with one attached hydrogen (secondary N) is 2. The Hall–Kier alpha value is -2.10. The van der Waals surface area contributed by atoms with Crippen LogP contribution >= 0.6 is 0 Å². The number of benzene rings is 1. The molecule has 1 aromatic rings. The molecule has 0 spiro atoms. The van der Waals surface area contributed by atoms with Crippen molar-refractivity contribution in [1.82, 2.24) is 5.32 Å². The van der Waals surface area contributed by atoms with E-state index in [0.717, 1.165) is 11.1 Å². The molecule has 1 aromatic carbocycles. The average Bonchev–Trinajstić information content (AvgIpc) is 2.30. The second kappa shape index (κ2) is 5.84. The van der Waals surface area contributed by atoms with E-state index in [0.29, 0.717) is 5.69 Å². The van der Waals surface area contributed by atoms with Crippen LogP contribution in [0.1, 0.15) is 11.1 Å². The van der Waals surface area contributed by atoms with Crippen molar-refractivity contribution in [3.05, 3.63) is 42.0 Å². The van der Waals surface area contributed by atoms with Crippen LogP contribution in [0.25, 0.3) is 0 Å². The Bertz CT molecular complexity index is 432. The summed E-state index contributed by atoms with van der Waals surface area (Å²) < 4.78 is 0. The Morgan fingerprint density at radius 1 is 1.24 bits per heavy atom. The minimum absolute atomic E-state index is 0.277. The molecule has 0 bridgehead atoms. The van der Waals surface area contributed by atoms with Gasteiger partial charge in [0.2, 0.25) is 0 Å². The normalized spacial score (nSPS) is 9.53. The zero-order valence-electron chi connectivity index (χ0n) is 10.0. The molecular weight excluding hydrogens is 216 g/mol. The quantitative estimate of drug-likeness (QED) is 0.613. The van der Waals surface area contributed by atoms with Crippen LogP contribution in [0.2, 0.25) is 0 Å². The molecule has 4 heteroatoms. The third kappa shape index (κ3) is 3.45. The number of hydrogen-bond donors (Lipinski definition) is 2. The molecule has 0 aliphatic carbocycles. The van der Waals surface area contributed by atoms with Gasteiger partial charge in [-0.3, -0.25) is 9.59 Å². The SMILES string of the molecule is C=CCNC(=O)C(=O)Nc1c(C)cccc1C. The average molecular weight is 232 g/mol. The molecule has 0 heterocycles. The largest absolute Gasteiger partial charge is 0.344 e. The summed E-state index contributed by atoms with van der Waals surface area (Å²) in [5.41, 5.74) is 2.54. The molecule has 0 aliphatic heterocycles. The third-order valence-corrected chi connectivity index (χ3v) is 2.33. The van der Waals surface area contributed by atoms with E-state index in [1.807, 2.05) is 32.0 Å². The number of hydrogen-bond acceptors (Lipinski definition) is 2. The number of carbonyl (C=O) groups is 2. The number of aryl methyl sites for hydroxylation is 2. The Morgan fingerprint density at radius 2 is 1.82 bits per heavy atom. The highest BCUT2D eigenvalue weighted by atomic mass is 16.2. The van der Waals surface area contributed by atoms with Crippen LogP contribution in [0.15, 0.2) is 30.9 Å². The lowest BCUT2D eigenvalue weighted by Crippen LogP contribution is -2.35. The van der Waals surface area contributed by atoms with E-state index in [1.165, 1.54) is 6.08 Å². The minimum atomic E-state index is -0.663. The van der Waals surface area contributed by atoms with Crippen LogP contribution in [-0.2, 0) is 9.59 Å². The highest BCUT2D eigenvalue weighted by Gasteiger charge is 2.14. The monoisotopic (exact) mass is 232 g/mol. The van der Waals surface area contributed by atoms with E-state index in [4.69, 9.17) is 0 Å². The van der Waals surface area contributed by atoms with Crippen LogP contribution in [0.3, 0.4) is 0 Å². The fraction of sp³-hybridized carbons (Fsp3) is 0.231. The first-order valence-electron chi connectivity index (χ1n) is 5.32. The van der Waals surface area contributed by atoms with Crippen molar-refractivity contribution in [1.29, 1.82) is 0 Å². The van der Waals surface area contributed by atoms with E-state index in [1.54, 1.807) is 0 Å². The molecule has 0 aromatic heterocycles. The molecule has 2 amide bonds. The van der Waals surface area contributed by atoms with E-state index >= 15 is 0 Å². The summed E-state index contributed by atoms with van der Waals surface area (Å²) in [6.07, 6.45) is 1.52. The summed E-state index contributed by atoms with van der Waals surface area (Å²) in [7, 11) is 0. The summed E-state index contributed by atoms with van der Waals surface area (Å²) >= 11 is 0. The lowest BCUT2D eigenvalue weighted by molar-refractivity contribution is -0.136. The lowest BCUT2D eigenvalue weighted by Gasteiger charge is -2.10. The lowest BCUT2D eigenvalue weighted by atomic mass is 10.1. The summed E-state index contributed by atoms with van der Waals surface area (Å²) in [4.78, 5) is 22.9. The van der Waals surface area contributed by atoms with Gasteiger partial charge in [0.05, 0.1) is 0 Å². The predicted molar refractivity (Wildman–Crippen MR) is 67.8 cm³/mol. The first-order valence-corrected chi connectivity index (χ1v) is 5.32. The molecule has 90 valence electrons. The first kappa shape index (κ1) is 13.0. The second-order valence-electron chi connectivity index (χ2n) is 3.72. The summed E-state index contributed by atoms with van der Waals surface area (Å²) in [6.45, 7) is 7.49. The van der Waals surface area contributed by atoms with Crippen LogP contribution in [0.4, 0.5) is 5.69 Å². The van der Waals surface area contributed by atoms with Gasteiger partial charge in [0.1, 0.15) is 0 Å². The molecular formula is C13H16N2O2. The van der Waals surface area contributed by atoms with Crippen molar-refractivity contribution in [2.75, 3.05) is 11.9 Å². The van der Waals surface area contributed by atoms with Gasteiger partial charge in [-0.2, -0.15) is 0 Å². The van der Waals surface area contributed by atoms with Crippen LogP contribution in [0.5, 0.6) is 0 Å². The van der Waals surface area contributed by atoms with Gasteiger partial charge in [0, 0.05) is 12.2 Å². The maximum absolute atomic E-state index is 11.6. The molecule has 1 rings (SSSR count). The zero-order valence-corrected chi connectivity index (χ0v) is 10.0. The summed E-state index contributed by atoms with van der Waals surface area (Å²) in [5.74, 6) is -1.32. The first-order chi connectivity index (χ1) is 8.06. The van der Waals surface area contributed by atoms with Gasteiger partial charge in [-0.05, 0) is 25.0 Å². The number of rotatable bonds is 3. The molecule has 0 fully saturated rings. The van der Waals surface area contributed by atoms with E-state index in [-0.39, 0.29) is 6.54 Å². The molecule has 0 saturated heterocycles. The van der Waals surface area contributed by atoms with E-state index < -0.39 is 11.8 Å². The topological polar surface area (TPSA) is 58.2 Å². The van der Waals surface area contributed by atoms with E-state index in [9.17, 15) is 9.59 Å². The summed E-state index contributed by atoms with van der Waals surface area (Å²) in [6, 6.07) is 5.66. The Labute approximate surface area is 101 Å². The summed E-state index contributed by atoms with van der Waals surface area (Å²) in [5, 5.41) is 5.02. The predicted octanol–water partition coefficient (Wildman–Crippen LogP) is 1.54. The van der Waals surface area contributed by atoms with Gasteiger partial charge in [0.25, 0.3) is 0 Å². The fourth-order valence-electron chi connectivity index (χ4n) is 1.43. The van der Waals surface area contributed by atoms with Gasteiger partial charge >= 0.3 is 11.8 Å². The molecule has 2 N–H and O–H groups in total. The zero-order chi connectivity index (χ0) is 12.8. The van der Waals surface area contributed by atoms with Crippen molar-refractivity contribution < 1.29 is 9.59 Å². The van der Waals surface area contributed by atoms with Crippen molar-refractivity contribution >= 4 is 17.5 Å². The third-order valence-electron chi connectivity index (χ3n) is 2.33. The number of para-hydroxylation sites is 1. The van der Waals surface area contributed by atoms with Gasteiger partial charge in [-0.25, -0.2) is 0 Å². The Kier molecular flexibility index (Phi) is 4.46. The van der Waals surface area contributed by atoms with Gasteiger partial charge in [-0.1, -0.05) is 24.3 Å². The Morgan fingerprint density at radius 3 is 2.35 bits per heavy atom. The van der Waals surface area contributed by atoms with Crippen molar-refractivity contribution in [3.8, 4) is 0 Å². The van der Waals surface area contributed by atoms with Crippen LogP contribution < -0.4 is 10.6 Å². The van der Waals surface area contributed by atoms with Crippen LogP contribution in [0, 0.1) is 13.8 Å². The second-order valence-corrected chi connectivity index (χ2v) is 3.72. The molecule has 0 unspecified atom stereocenters. The standard InChI is InChI=1S/C13H16N2O2/c1-4-8-14-12(16)13(17)15-11-9(2)6-5-7-10(11)3/h4-7H,1,8H2,2-3H3,(H,14,16)(H,15,17). The number of carbonyl (C=O) groups excluding carboxylic acids is 2. The smallest absolute Gasteiger partial charge is 0.313 e. The molecule has 0 aliphatic rings. The minimum Gasteiger partial charge on any atom is -0.344 e. The van der Waals surface area contributed by atoms with E-state index in [2.05, 4.69) is 17.2 Å². The van der Waals surface area contributed by atoms with Crippen molar-refractivity contribution in [2.24, 2.45) is 0 Å². The van der Waals surface area contributed by atoms with Crippen LogP contribution in [-0.4, -0.2) is 18.4 Å². The maximum atomic E-state index is 11.6. The Balaban J connectivity index is 2.74. The molecule has 4 nitrogen and oxygen atoms in total. The highest BCUT2D eigenvalue weighted by Crippen LogP contribution is 2.18. The van der Waals surface area contributed by atoms with Crippen molar-refractivity contribution in [2.45, 2.75) is 13.8 Å². The number of amides is 2.